The molecule has 10 heteroatoms. The highest BCUT2D eigenvalue weighted by atomic mass is 35.5. The maximum atomic E-state index is 13.6. The van der Waals surface area contributed by atoms with Crippen LogP contribution in [-0.2, 0) is 14.8 Å². The molecule has 1 aliphatic heterocycles. The van der Waals surface area contributed by atoms with Crippen LogP contribution in [0.15, 0.2) is 108 Å². The maximum Gasteiger partial charge on any atom is 0.267 e. The molecule has 5 rings (SSSR count). The minimum atomic E-state index is -4.04. The summed E-state index contributed by atoms with van der Waals surface area (Å²) in [5, 5.41) is 6.11. The number of benzene rings is 4. The normalized spacial score (nSPS) is 15.3. The number of nitrogens with zero attached hydrogens (tertiary/aromatic N) is 1. The molecule has 1 heterocycles. The Balaban J connectivity index is 1.38. The second-order valence-electron chi connectivity index (χ2n) is 9.20. The van der Waals surface area contributed by atoms with E-state index in [0.717, 1.165) is 9.87 Å². The van der Waals surface area contributed by atoms with Crippen LogP contribution in [-0.4, -0.2) is 32.9 Å². The van der Waals surface area contributed by atoms with Gasteiger partial charge in [0.2, 0.25) is 0 Å². The second-order valence-corrected chi connectivity index (χ2v) is 11.5. The molecule has 4 aromatic carbocycles. The van der Waals surface area contributed by atoms with Gasteiger partial charge in [0.25, 0.3) is 21.8 Å². The summed E-state index contributed by atoms with van der Waals surface area (Å²) < 4.78 is 34.3. The van der Waals surface area contributed by atoms with Crippen LogP contribution in [0.5, 0.6) is 5.75 Å². The SMILES string of the molecule is C[C@H](NC(=O)c1ccccc1NC(=O)[C@@H]1CN(S(=O)(=O)c2ccc(Cl)cc2)c2ccccc2O1)c1ccccc1. The van der Waals surface area contributed by atoms with E-state index in [9.17, 15) is 18.0 Å². The van der Waals surface area contributed by atoms with Crippen LogP contribution in [0.25, 0.3) is 0 Å². The van der Waals surface area contributed by atoms with Gasteiger partial charge in [-0.05, 0) is 61.0 Å². The molecule has 0 bridgehead atoms. The molecule has 2 atom stereocenters. The van der Waals surface area contributed by atoms with Gasteiger partial charge in [-0.25, -0.2) is 8.42 Å². The van der Waals surface area contributed by atoms with Crippen molar-refractivity contribution in [3.63, 3.8) is 0 Å². The molecule has 1 aliphatic rings. The van der Waals surface area contributed by atoms with Gasteiger partial charge in [-0.2, -0.15) is 0 Å². The third-order valence-corrected chi connectivity index (χ3v) is 8.55. The van der Waals surface area contributed by atoms with E-state index in [2.05, 4.69) is 10.6 Å². The fourth-order valence-electron chi connectivity index (χ4n) is 4.40. The predicted molar refractivity (Wildman–Crippen MR) is 154 cm³/mol. The first kappa shape index (κ1) is 27.2. The van der Waals surface area contributed by atoms with Crippen LogP contribution in [0.1, 0.15) is 28.9 Å². The van der Waals surface area contributed by atoms with Crippen molar-refractivity contribution in [2.24, 2.45) is 0 Å². The van der Waals surface area contributed by atoms with E-state index >= 15 is 0 Å². The number of fused-ring (bicyclic) bond motifs is 1. The standard InChI is InChI=1S/C30H26ClN3O5S/c1-20(21-9-3-2-4-10-21)32-29(35)24-11-5-6-12-25(24)33-30(36)28-19-34(26-13-7-8-14-27(26)39-28)40(37,38)23-17-15-22(31)16-18-23/h2-18,20,28H,19H2,1H3,(H,32,35)(H,33,36)/t20-,28-/m0/s1. The molecule has 2 amide bonds. The lowest BCUT2D eigenvalue weighted by molar-refractivity contribution is -0.122. The summed E-state index contributed by atoms with van der Waals surface area (Å²) in [5.41, 5.74) is 1.80. The van der Waals surface area contributed by atoms with E-state index in [1.54, 1.807) is 48.5 Å². The number of para-hydroxylation sites is 3. The summed E-state index contributed by atoms with van der Waals surface area (Å²) in [4.78, 5) is 26.6. The highest BCUT2D eigenvalue weighted by molar-refractivity contribution is 7.92. The Labute approximate surface area is 237 Å². The van der Waals surface area contributed by atoms with Crippen LogP contribution in [0.3, 0.4) is 0 Å². The van der Waals surface area contributed by atoms with Gasteiger partial charge in [-0.3, -0.25) is 13.9 Å². The average molecular weight is 576 g/mol. The Morgan fingerprint density at radius 1 is 0.900 bits per heavy atom. The zero-order chi connectivity index (χ0) is 28.3. The van der Waals surface area contributed by atoms with Gasteiger partial charge in [0.05, 0.1) is 34.4 Å². The first-order chi connectivity index (χ1) is 19.2. The minimum Gasteiger partial charge on any atom is -0.476 e. The Morgan fingerprint density at radius 3 is 2.30 bits per heavy atom. The van der Waals surface area contributed by atoms with E-state index in [1.807, 2.05) is 37.3 Å². The molecule has 204 valence electrons. The van der Waals surface area contributed by atoms with E-state index in [-0.39, 0.29) is 40.4 Å². The lowest BCUT2D eigenvalue weighted by Crippen LogP contribution is -2.49. The summed E-state index contributed by atoms with van der Waals surface area (Å²) in [5.74, 6) is -0.717. The zero-order valence-electron chi connectivity index (χ0n) is 21.5. The van der Waals surface area contributed by atoms with Gasteiger partial charge >= 0.3 is 0 Å². The molecule has 0 saturated heterocycles. The lowest BCUT2D eigenvalue weighted by Gasteiger charge is -2.34. The highest BCUT2D eigenvalue weighted by Crippen LogP contribution is 2.37. The molecule has 0 unspecified atom stereocenters. The topological polar surface area (TPSA) is 105 Å². The van der Waals surface area contributed by atoms with E-state index < -0.39 is 22.0 Å². The van der Waals surface area contributed by atoms with E-state index in [0.29, 0.717) is 10.7 Å². The van der Waals surface area contributed by atoms with Crippen molar-refractivity contribution in [2.75, 3.05) is 16.2 Å². The van der Waals surface area contributed by atoms with Crippen molar-refractivity contribution >= 4 is 44.8 Å². The summed E-state index contributed by atoms with van der Waals surface area (Å²) in [6.45, 7) is 1.60. The largest absolute Gasteiger partial charge is 0.476 e. The number of sulfonamides is 1. The quantitative estimate of drug-likeness (QED) is 0.306. The van der Waals surface area contributed by atoms with Crippen molar-refractivity contribution in [2.45, 2.75) is 24.0 Å². The first-order valence-electron chi connectivity index (χ1n) is 12.5. The monoisotopic (exact) mass is 575 g/mol. The van der Waals surface area contributed by atoms with Gasteiger partial charge in [0.1, 0.15) is 5.75 Å². The van der Waals surface area contributed by atoms with Gasteiger partial charge in [-0.15, -0.1) is 0 Å². The average Bonchev–Trinajstić information content (AvgIpc) is 2.97. The fraction of sp³-hybridized carbons (Fsp3) is 0.133. The summed E-state index contributed by atoms with van der Waals surface area (Å²) in [7, 11) is -4.04. The lowest BCUT2D eigenvalue weighted by atomic mass is 10.1. The minimum absolute atomic E-state index is 0.0299. The van der Waals surface area contributed by atoms with Crippen LogP contribution < -0.4 is 19.7 Å². The summed E-state index contributed by atoms with van der Waals surface area (Å²) >= 11 is 5.95. The molecule has 0 aromatic heterocycles. The highest BCUT2D eigenvalue weighted by Gasteiger charge is 2.37. The number of hydrogen-bond donors (Lipinski definition) is 2. The maximum absolute atomic E-state index is 13.6. The molecule has 40 heavy (non-hydrogen) atoms. The zero-order valence-corrected chi connectivity index (χ0v) is 23.0. The van der Waals surface area contributed by atoms with Gasteiger partial charge in [-0.1, -0.05) is 66.2 Å². The molecule has 0 aliphatic carbocycles. The predicted octanol–water partition coefficient (Wildman–Crippen LogP) is 5.43. The van der Waals surface area contributed by atoms with Crippen molar-refractivity contribution in [1.82, 2.24) is 5.32 Å². The molecule has 0 radical (unpaired) electrons. The third kappa shape index (κ3) is 5.66. The van der Waals surface area contributed by atoms with E-state index in [4.69, 9.17) is 16.3 Å². The Morgan fingerprint density at radius 2 is 1.55 bits per heavy atom. The second kappa shape index (κ2) is 11.4. The van der Waals surface area contributed by atoms with Crippen molar-refractivity contribution in [1.29, 1.82) is 0 Å². The van der Waals surface area contributed by atoms with Gasteiger partial charge in [0.15, 0.2) is 6.10 Å². The number of nitrogens with one attached hydrogen (secondary N) is 2. The number of rotatable bonds is 7. The Kier molecular flexibility index (Phi) is 7.77. The number of amides is 2. The first-order valence-corrected chi connectivity index (χ1v) is 14.4. The number of anilines is 2. The van der Waals surface area contributed by atoms with E-state index in [1.165, 1.54) is 24.3 Å². The van der Waals surface area contributed by atoms with Crippen LogP contribution >= 0.6 is 11.6 Å². The molecule has 4 aromatic rings. The summed E-state index contributed by atoms with van der Waals surface area (Å²) in [6.07, 6.45) is -1.18. The molecule has 8 nitrogen and oxygen atoms in total. The summed E-state index contributed by atoms with van der Waals surface area (Å²) in [6, 6.07) is 28.3. The number of ether oxygens (including phenoxy) is 1. The van der Waals surface area contributed by atoms with Crippen LogP contribution in [0.4, 0.5) is 11.4 Å². The number of carbonyl (C=O) groups excluding carboxylic acids is 2. The molecular weight excluding hydrogens is 550 g/mol. The van der Waals surface area contributed by atoms with Crippen molar-refractivity contribution in [3.8, 4) is 5.75 Å². The van der Waals surface area contributed by atoms with Crippen LogP contribution in [0.2, 0.25) is 5.02 Å². The van der Waals surface area contributed by atoms with Crippen molar-refractivity contribution in [3.05, 3.63) is 119 Å². The molecule has 0 fully saturated rings. The molecule has 0 spiro atoms. The Bertz CT molecular complexity index is 1650. The molecule has 0 saturated carbocycles. The number of hydrogen-bond acceptors (Lipinski definition) is 5. The smallest absolute Gasteiger partial charge is 0.267 e. The third-order valence-electron chi connectivity index (χ3n) is 6.51. The molecular formula is C30H26ClN3O5S. The van der Waals surface area contributed by atoms with Gasteiger partial charge < -0.3 is 15.4 Å². The number of carbonyl (C=O) groups is 2. The number of halogens is 1. The van der Waals surface area contributed by atoms with Crippen molar-refractivity contribution < 1.29 is 22.7 Å². The fourth-order valence-corrected chi connectivity index (χ4v) is 6.00. The van der Waals surface area contributed by atoms with Crippen LogP contribution in [0, 0.1) is 0 Å². The van der Waals surface area contributed by atoms with Gasteiger partial charge in [0, 0.05) is 5.02 Å². The Hall–Kier alpha value is -4.34. The molecule has 2 N–H and O–H groups in total.